The molecular weight excluding hydrogens is 358 g/mol. The van der Waals surface area contributed by atoms with Gasteiger partial charge in [0.1, 0.15) is 0 Å². The van der Waals surface area contributed by atoms with Crippen molar-refractivity contribution in [2.45, 2.75) is 23.3 Å². The smallest absolute Gasteiger partial charge is 0.305 e. The van der Waals surface area contributed by atoms with Gasteiger partial charge in [0.15, 0.2) is 0 Å². The number of carboxylic acids is 1. The van der Waals surface area contributed by atoms with E-state index in [1.165, 1.54) is 11.8 Å². The van der Waals surface area contributed by atoms with E-state index in [1.54, 1.807) is 0 Å². The second kappa shape index (κ2) is 7.29. The summed E-state index contributed by atoms with van der Waals surface area (Å²) < 4.78 is 6.21. The molecule has 0 bridgehead atoms. The minimum atomic E-state index is -0.930. The highest BCUT2D eigenvalue weighted by molar-refractivity contribution is 9.10. The first-order valence-corrected chi connectivity index (χ1v) is 8.26. The fourth-order valence-corrected chi connectivity index (χ4v) is 3.52. The third kappa shape index (κ3) is 5.01. The standard InChI is InChI=1S/C14H16BrNO4S/c15-10-2-1-3-11(6-10)21-8-12(17)16-14(7-13(18)19)4-5-20-9-14/h1-3,6H,4-5,7-9H2,(H,16,17)(H,18,19). The molecule has 1 aromatic carbocycles. The molecule has 1 saturated heterocycles. The number of halogens is 1. The number of nitrogens with one attached hydrogen (secondary N) is 1. The Morgan fingerprint density at radius 1 is 1.48 bits per heavy atom. The SMILES string of the molecule is O=C(O)CC1(NC(=O)CSc2cccc(Br)c2)CCOC1. The minimum Gasteiger partial charge on any atom is -0.481 e. The molecular formula is C14H16BrNO4S. The second-order valence-electron chi connectivity index (χ2n) is 4.95. The molecule has 0 aromatic heterocycles. The van der Waals surface area contributed by atoms with Crippen molar-refractivity contribution < 1.29 is 19.4 Å². The molecule has 1 atom stereocenters. The van der Waals surface area contributed by atoms with Gasteiger partial charge in [0.2, 0.25) is 5.91 Å². The van der Waals surface area contributed by atoms with Crippen molar-refractivity contribution in [3.8, 4) is 0 Å². The summed E-state index contributed by atoms with van der Waals surface area (Å²) in [6.45, 7) is 0.735. The number of thioether (sulfide) groups is 1. The summed E-state index contributed by atoms with van der Waals surface area (Å²) in [4.78, 5) is 24.0. The van der Waals surface area contributed by atoms with Crippen molar-refractivity contribution in [1.82, 2.24) is 5.32 Å². The Hall–Kier alpha value is -1.05. The molecule has 1 unspecified atom stereocenters. The molecule has 21 heavy (non-hydrogen) atoms. The van der Waals surface area contributed by atoms with E-state index in [0.717, 1.165) is 9.37 Å². The summed E-state index contributed by atoms with van der Waals surface area (Å²) in [6.07, 6.45) is 0.423. The predicted octanol–water partition coefficient (Wildman–Crippen LogP) is 2.29. The van der Waals surface area contributed by atoms with Gasteiger partial charge in [0, 0.05) is 16.0 Å². The quantitative estimate of drug-likeness (QED) is 0.748. The van der Waals surface area contributed by atoms with E-state index in [4.69, 9.17) is 9.84 Å². The second-order valence-corrected chi connectivity index (χ2v) is 6.91. The highest BCUT2D eigenvalue weighted by atomic mass is 79.9. The predicted molar refractivity (Wildman–Crippen MR) is 83.4 cm³/mol. The van der Waals surface area contributed by atoms with Gasteiger partial charge < -0.3 is 15.2 Å². The van der Waals surface area contributed by atoms with Crippen molar-refractivity contribution in [3.05, 3.63) is 28.7 Å². The summed E-state index contributed by atoms with van der Waals surface area (Å²) in [5.41, 5.74) is -0.763. The lowest BCUT2D eigenvalue weighted by Crippen LogP contribution is -2.51. The van der Waals surface area contributed by atoms with Crippen molar-refractivity contribution in [3.63, 3.8) is 0 Å². The molecule has 0 spiro atoms. The van der Waals surface area contributed by atoms with Crippen LogP contribution in [0.25, 0.3) is 0 Å². The monoisotopic (exact) mass is 373 g/mol. The maximum Gasteiger partial charge on any atom is 0.305 e. The first kappa shape index (κ1) is 16.3. The Kier molecular flexibility index (Phi) is 5.66. The van der Waals surface area contributed by atoms with Gasteiger partial charge in [-0.05, 0) is 24.6 Å². The number of hydrogen-bond acceptors (Lipinski definition) is 4. The molecule has 0 aliphatic carbocycles. The van der Waals surface area contributed by atoms with Crippen molar-refractivity contribution in [1.29, 1.82) is 0 Å². The average Bonchev–Trinajstić information content (AvgIpc) is 2.83. The van der Waals surface area contributed by atoms with Gasteiger partial charge >= 0.3 is 5.97 Å². The molecule has 114 valence electrons. The van der Waals surface area contributed by atoms with E-state index in [2.05, 4.69) is 21.2 Å². The van der Waals surface area contributed by atoms with Gasteiger partial charge in [-0.3, -0.25) is 9.59 Å². The third-order valence-electron chi connectivity index (χ3n) is 3.16. The van der Waals surface area contributed by atoms with Crippen LogP contribution in [0.15, 0.2) is 33.6 Å². The number of carbonyl (C=O) groups is 2. The van der Waals surface area contributed by atoms with Crippen LogP contribution in [0.4, 0.5) is 0 Å². The van der Waals surface area contributed by atoms with Crippen molar-refractivity contribution >= 4 is 39.6 Å². The lowest BCUT2D eigenvalue weighted by molar-refractivity contribution is -0.139. The topological polar surface area (TPSA) is 75.6 Å². The Labute approximate surface area is 135 Å². The fourth-order valence-electron chi connectivity index (χ4n) is 2.22. The van der Waals surface area contributed by atoms with Crippen molar-refractivity contribution in [2.24, 2.45) is 0 Å². The molecule has 5 nitrogen and oxygen atoms in total. The van der Waals surface area contributed by atoms with Crippen LogP contribution in [-0.4, -0.2) is 41.5 Å². The molecule has 1 aliphatic heterocycles. The van der Waals surface area contributed by atoms with Crippen LogP contribution in [0.3, 0.4) is 0 Å². The van der Waals surface area contributed by atoms with E-state index in [0.29, 0.717) is 13.0 Å². The third-order valence-corrected chi connectivity index (χ3v) is 4.65. The van der Waals surface area contributed by atoms with Gasteiger partial charge in [0.05, 0.1) is 24.3 Å². The molecule has 2 rings (SSSR count). The molecule has 1 amide bonds. The van der Waals surface area contributed by atoms with Crippen molar-refractivity contribution in [2.75, 3.05) is 19.0 Å². The molecule has 1 fully saturated rings. The van der Waals surface area contributed by atoms with Gasteiger partial charge in [0.25, 0.3) is 0 Å². The highest BCUT2D eigenvalue weighted by Crippen LogP contribution is 2.25. The number of carbonyl (C=O) groups excluding carboxylic acids is 1. The Bertz CT molecular complexity index is 531. The van der Waals surface area contributed by atoms with Gasteiger partial charge in [-0.1, -0.05) is 22.0 Å². The van der Waals surface area contributed by atoms with Crippen LogP contribution in [0, 0.1) is 0 Å². The number of amides is 1. The number of carboxylic acid groups (broad SMARTS) is 1. The van der Waals surface area contributed by atoms with E-state index < -0.39 is 11.5 Å². The Morgan fingerprint density at radius 3 is 2.90 bits per heavy atom. The maximum atomic E-state index is 12.1. The molecule has 0 saturated carbocycles. The first-order chi connectivity index (χ1) is 9.99. The maximum absolute atomic E-state index is 12.1. The van der Waals surface area contributed by atoms with Gasteiger partial charge in [-0.2, -0.15) is 0 Å². The minimum absolute atomic E-state index is 0.111. The highest BCUT2D eigenvalue weighted by Gasteiger charge is 2.38. The largest absolute Gasteiger partial charge is 0.481 e. The van der Waals surface area contributed by atoms with Crippen LogP contribution >= 0.6 is 27.7 Å². The summed E-state index contributed by atoms with van der Waals surface area (Å²) in [7, 11) is 0. The van der Waals surface area contributed by atoms with Crippen LogP contribution in [0.5, 0.6) is 0 Å². The zero-order chi connectivity index (χ0) is 15.3. The summed E-state index contributed by atoms with van der Waals surface area (Å²) in [5, 5.41) is 11.8. The summed E-state index contributed by atoms with van der Waals surface area (Å²) in [6, 6.07) is 7.68. The van der Waals surface area contributed by atoms with Gasteiger partial charge in [-0.25, -0.2) is 0 Å². The van der Waals surface area contributed by atoms with Crippen LogP contribution in [-0.2, 0) is 14.3 Å². The van der Waals surface area contributed by atoms with Crippen LogP contribution in [0.1, 0.15) is 12.8 Å². The Balaban J connectivity index is 1.89. The van der Waals surface area contributed by atoms with Crippen LogP contribution in [0.2, 0.25) is 0 Å². The Morgan fingerprint density at radius 2 is 2.29 bits per heavy atom. The lowest BCUT2D eigenvalue weighted by Gasteiger charge is -2.26. The number of ether oxygens (including phenoxy) is 1. The lowest BCUT2D eigenvalue weighted by atomic mass is 9.94. The molecule has 7 heteroatoms. The van der Waals surface area contributed by atoms with Crippen LogP contribution < -0.4 is 5.32 Å². The normalized spacial score (nSPS) is 21.2. The number of rotatable bonds is 6. The zero-order valence-corrected chi connectivity index (χ0v) is 13.7. The van der Waals surface area contributed by atoms with E-state index in [1.807, 2.05) is 24.3 Å². The van der Waals surface area contributed by atoms with E-state index >= 15 is 0 Å². The summed E-state index contributed by atoms with van der Waals surface area (Å²) in [5.74, 6) is -0.857. The van der Waals surface area contributed by atoms with Gasteiger partial charge in [-0.15, -0.1) is 11.8 Å². The molecule has 1 aliphatic rings. The molecule has 1 heterocycles. The average molecular weight is 374 g/mol. The number of hydrogen-bond donors (Lipinski definition) is 2. The zero-order valence-electron chi connectivity index (χ0n) is 11.3. The van der Waals surface area contributed by atoms with E-state index in [-0.39, 0.29) is 24.7 Å². The molecule has 2 N–H and O–H groups in total. The molecule has 1 aromatic rings. The summed E-state index contributed by atoms with van der Waals surface area (Å²) >= 11 is 4.79. The number of aliphatic carboxylic acids is 1. The molecule has 0 radical (unpaired) electrons. The first-order valence-electron chi connectivity index (χ1n) is 6.48. The fraction of sp³-hybridized carbons (Fsp3) is 0.429. The number of benzene rings is 1. The van der Waals surface area contributed by atoms with E-state index in [9.17, 15) is 9.59 Å².